The third-order valence-electron chi connectivity index (χ3n) is 3.35. The normalized spacial score (nSPS) is 11.6. The van der Waals surface area contributed by atoms with E-state index in [0.717, 1.165) is 37.1 Å². The molecule has 0 amide bonds. The molecule has 1 aromatic rings. The summed E-state index contributed by atoms with van der Waals surface area (Å²) in [5.74, 6) is 0.591. The number of unbranched alkanes of at least 4 members (excludes halogenated alkanes) is 1. The van der Waals surface area contributed by atoms with Gasteiger partial charge in [-0.1, -0.05) is 12.0 Å². The summed E-state index contributed by atoms with van der Waals surface area (Å²) in [6.45, 7) is 8.14. The average molecular weight is 305 g/mol. The number of benzene rings is 1. The molecule has 122 valence electrons. The summed E-state index contributed by atoms with van der Waals surface area (Å²) in [7, 11) is 1.63. The van der Waals surface area contributed by atoms with Crippen molar-refractivity contribution in [3.8, 4) is 5.75 Å². The third-order valence-corrected chi connectivity index (χ3v) is 3.35. The Kier molecular flexibility index (Phi) is 8.11. The van der Waals surface area contributed by atoms with E-state index in [2.05, 4.69) is 11.9 Å². The molecule has 4 heteroatoms. The number of anilines is 1. The van der Waals surface area contributed by atoms with Crippen molar-refractivity contribution in [1.82, 2.24) is 0 Å². The molecule has 1 N–H and O–H groups in total. The molecule has 0 bridgehead atoms. The van der Waals surface area contributed by atoms with E-state index in [-0.39, 0.29) is 12.0 Å². The maximum Gasteiger partial charge on any atom is 0.328 e. The fourth-order valence-electron chi connectivity index (χ4n) is 2.16. The molecule has 0 saturated carbocycles. The van der Waals surface area contributed by atoms with E-state index in [0.29, 0.717) is 6.61 Å². The van der Waals surface area contributed by atoms with Crippen LogP contribution >= 0.6 is 0 Å². The lowest BCUT2D eigenvalue weighted by molar-refractivity contribution is -0.144. The van der Waals surface area contributed by atoms with Gasteiger partial charge >= 0.3 is 5.97 Å². The van der Waals surface area contributed by atoms with Gasteiger partial charge < -0.3 is 14.8 Å². The van der Waals surface area contributed by atoms with E-state index in [1.165, 1.54) is 5.57 Å². The highest BCUT2D eigenvalue weighted by atomic mass is 16.5. The highest BCUT2D eigenvalue weighted by Gasteiger charge is 2.19. The molecule has 1 atom stereocenters. The van der Waals surface area contributed by atoms with Gasteiger partial charge in [-0.15, -0.1) is 6.58 Å². The van der Waals surface area contributed by atoms with Crippen LogP contribution in [0, 0.1) is 0 Å². The average Bonchev–Trinajstić information content (AvgIpc) is 2.51. The minimum absolute atomic E-state index is 0.200. The maximum absolute atomic E-state index is 12.1. The highest BCUT2D eigenvalue weighted by molar-refractivity contribution is 5.79. The second-order valence-electron chi connectivity index (χ2n) is 5.38. The zero-order valence-electron chi connectivity index (χ0n) is 13.9. The van der Waals surface area contributed by atoms with Crippen LogP contribution in [0.25, 0.3) is 0 Å². The summed E-state index contributed by atoms with van der Waals surface area (Å²) in [5, 5.41) is 3.25. The molecule has 0 spiro atoms. The van der Waals surface area contributed by atoms with Crippen LogP contribution in [0.1, 0.15) is 39.5 Å². The first kappa shape index (κ1) is 18.1. The lowest BCUT2D eigenvalue weighted by Crippen LogP contribution is -2.31. The number of ether oxygens (including phenoxy) is 2. The number of hydrogen-bond donors (Lipinski definition) is 1. The van der Waals surface area contributed by atoms with E-state index in [1.54, 1.807) is 7.11 Å². The molecule has 22 heavy (non-hydrogen) atoms. The first-order valence-corrected chi connectivity index (χ1v) is 7.78. The second-order valence-corrected chi connectivity index (χ2v) is 5.38. The largest absolute Gasteiger partial charge is 0.497 e. The highest BCUT2D eigenvalue weighted by Crippen LogP contribution is 2.18. The predicted molar refractivity (Wildman–Crippen MR) is 90.3 cm³/mol. The fraction of sp³-hybridized carbons (Fsp3) is 0.500. The minimum Gasteiger partial charge on any atom is -0.497 e. The molecule has 0 fully saturated rings. The van der Waals surface area contributed by atoms with Crippen LogP contribution in [0.3, 0.4) is 0 Å². The molecule has 0 aliphatic rings. The Bertz CT molecular complexity index is 468. The summed E-state index contributed by atoms with van der Waals surface area (Å²) >= 11 is 0. The molecule has 1 rings (SSSR count). The van der Waals surface area contributed by atoms with Gasteiger partial charge in [0, 0.05) is 5.69 Å². The Balaban J connectivity index is 2.59. The van der Waals surface area contributed by atoms with Crippen molar-refractivity contribution in [2.75, 3.05) is 19.0 Å². The van der Waals surface area contributed by atoms with E-state index < -0.39 is 0 Å². The summed E-state index contributed by atoms with van der Waals surface area (Å²) in [4.78, 5) is 12.1. The first-order chi connectivity index (χ1) is 10.6. The van der Waals surface area contributed by atoms with Crippen molar-refractivity contribution >= 4 is 11.7 Å². The van der Waals surface area contributed by atoms with Crippen molar-refractivity contribution in [1.29, 1.82) is 0 Å². The zero-order valence-corrected chi connectivity index (χ0v) is 13.9. The monoisotopic (exact) mass is 305 g/mol. The van der Waals surface area contributed by atoms with Crippen LogP contribution < -0.4 is 10.1 Å². The van der Waals surface area contributed by atoms with Crippen molar-refractivity contribution in [3.05, 3.63) is 36.4 Å². The summed E-state index contributed by atoms with van der Waals surface area (Å²) < 4.78 is 10.3. The molecule has 0 heterocycles. The molecule has 0 radical (unpaired) electrons. The molecule has 0 aromatic heterocycles. The number of hydrogen-bond acceptors (Lipinski definition) is 4. The van der Waals surface area contributed by atoms with Crippen LogP contribution in [0.4, 0.5) is 5.69 Å². The smallest absolute Gasteiger partial charge is 0.328 e. The molecule has 4 nitrogen and oxygen atoms in total. The Morgan fingerprint density at radius 3 is 2.50 bits per heavy atom. The van der Waals surface area contributed by atoms with Crippen molar-refractivity contribution in [3.63, 3.8) is 0 Å². The lowest BCUT2D eigenvalue weighted by Gasteiger charge is -2.18. The number of methoxy groups -OCH3 is 1. The van der Waals surface area contributed by atoms with E-state index in [9.17, 15) is 4.79 Å². The van der Waals surface area contributed by atoms with Gasteiger partial charge in [-0.3, -0.25) is 0 Å². The molecule has 0 aliphatic heterocycles. The summed E-state index contributed by atoms with van der Waals surface area (Å²) in [5.41, 5.74) is 2.06. The SMILES string of the molecule is C=C(C)CCCCC(Nc1ccc(OC)cc1)C(=O)OCC. The molecular weight excluding hydrogens is 278 g/mol. The van der Waals surface area contributed by atoms with Crippen LogP contribution in [0.2, 0.25) is 0 Å². The van der Waals surface area contributed by atoms with Crippen LogP contribution in [-0.2, 0) is 9.53 Å². The Labute approximate surface area is 133 Å². The van der Waals surface area contributed by atoms with Crippen LogP contribution in [-0.4, -0.2) is 25.7 Å². The number of allylic oxidation sites excluding steroid dienone is 1. The van der Waals surface area contributed by atoms with Crippen LogP contribution in [0.15, 0.2) is 36.4 Å². The van der Waals surface area contributed by atoms with Gasteiger partial charge in [-0.2, -0.15) is 0 Å². The fourth-order valence-corrected chi connectivity index (χ4v) is 2.16. The van der Waals surface area contributed by atoms with Crippen molar-refractivity contribution in [2.24, 2.45) is 0 Å². The van der Waals surface area contributed by atoms with Gasteiger partial charge in [0.2, 0.25) is 0 Å². The predicted octanol–water partition coefficient (Wildman–Crippen LogP) is 4.18. The van der Waals surface area contributed by atoms with Gasteiger partial charge in [0.25, 0.3) is 0 Å². The van der Waals surface area contributed by atoms with Gasteiger partial charge in [0.15, 0.2) is 0 Å². The number of nitrogens with one attached hydrogen (secondary N) is 1. The number of carbonyl (C=O) groups is 1. The van der Waals surface area contributed by atoms with E-state index >= 15 is 0 Å². The number of rotatable bonds is 10. The zero-order chi connectivity index (χ0) is 16.4. The molecule has 0 saturated heterocycles. The standard InChI is InChI=1S/C18H27NO3/c1-5-22-18(20)17(9-7-6-8-14(2)3)19-15-10-12-16(21-4)13-11-15/h10-13,17,19H,2,5-9H2,1,3-4H3. The Morgan fingerprint density at radius 1 is 1.27 bits per heavy atom. The summed E-state index contributed by atoms with van der Waals surface area (Å²) in [6.07, 6.45) is 3.74. The Morgan fingerprint density at radius 2 is 1.95 bits per heavy atom. The molecule has 0 aliphatic carbocycles. The molecule has 1 aromatic carbocycles. The van der Waals surface area contributed by atoms with Gasteiger partial charge in [-0.25, -0.2) is 4.79 Å². The van der Waals surface area contributed by atoms with Crippen LogP contribution in [0.5, 0.6) is 5.75 Å². The first-order valence-electron chi connectivity index (χ1n) is 7.78. The lowest BCUT2D eigenvalue weighted by atomic mass is 10.1. The topological polar surface area (TPSA) is 47.6 Å². The summed E-state index contributed by atoms with van der Waals surface area (Å²) in [6, 6.07) is 7.22. The van der Waals surface area contributed by atoms with E-state index in [1.807, 2.05) is 38.1 Å². The Hall–Kier alpha value is -1.97. The minimum atomic E-state index is -0.321. The number of carbonyl (C=O) groups excluding carboxylic acids is 1. The quantitative estimate of drug-likeness (QED) is 0.400. The second kappa shape index (κ2) is 9.87. The van der Waals surface area contributed by atoms with Crippen molar-refractivity contribution < 1.29 is 14.3 Å². The van der Waals surface area contributed by atoms with E-state index in [4.69, 9.17) is 9.47 Å². The van der Waals surface area contributed by atoms with Gasteiger partial charge in [0.05, 0.1) is 13.7 Å². The molecular formula is C18H27NO3. The van der Waals surface area contributed by atoms with Gasteiger partial charge in [0.1, 0.15) is 11.8 Å². The molecule has 1 unspecified atom stereocenters. The maximum atomic E-state index is 12.1. The third kappa shape index (κ3) is 6.66. The van der Waals surface area contributed by atoms with Gasteiger partial charge in [-0.05, 0) is 57.4 Å². The van der Waals surface area contributed by atoms with Crippen molar-refractivity contribution in [2.45, 2.75) is 45.6 Å². The number of esters is 1.